The van der Waals surface area contributed by atoms with E-state index in [1.807, 2.05) is 13.8 Å². The Morgan fingerprint density at radius 1 is 1.26 bits per heavy atom. The molecule has 0 radical (unpaired) electrons. The van der Waals surface area contributed by atoms with Gasteiger partial charge in [-0.3, -0.25) is 24.5 Å². The Bertz CT molecular complexity index is 1660. The first-order valence-corrected chi connectivity index (χ1v) is 15.4. The average Bonchev–Trinajstić information content (AvgIpc) is 3.51. The van der Waals surface area contributed by atoms with E-state index in [2.05, 4.69) is 36.0 Å². The van der Waals surface area contributed by atoms with Crippen molar-refractivity contribution < 1.29 is 64.1 Å². The van der Waals surface area contributed by atoms with E-state index in [1.54, 1.807) is 6.20 Å². The van der Waals surface area contributed by atoms with Crippen LogP contribution in [0.4, 0.5) is 16.4 Å². The van der Waals surface area contributed by atoms with E-state index in [0.29, 0.717) is 10.6 Å². The molecule has 4 heterocycles. The largest absolute Gasteiger partial charge is 1.00 e. The third-order valence-electron chi connectivity index (χ3n) is 6.71. The maximum absolute atomic E-state index is 13.9. The number of nitrogens with one attached hydrogen (secondary N) is 3. The zero-order valence-corrected chi connectivity index (χ0v) is 28.3. The predicted octanol–water partition coefficient (Wildman–Crippen LogP) is -3.35. The SMILES string of the molecule is CC(C)Nc1ncc(N(C(N)=O)C(C(=O)NC2C(=O)N3C(C(=O)[O-])=C(CSc4c[nH]nn4)CS[C@H]23)c2ccc(O)cc2)c(O)n1.[Na+]. The number of amides is 4. The Kier molecular flexibility index (Phi) is 11.0. The molecule has 17 nitrogen and oxygen atoms in total. The van der Waals surface area contributed by atoms with Gasteiger partial charge in [0.25, 0.3) is 5.91 Å². The molecule has 2 unspecified atom stereocenters. The van der Waals surface area contributed by atoms with Gasteiger partial charge in [0.05, 0.1) is 24.1 Å². The van der Waals surface area contributed by atoms with Crippen LogP contribution < -0.4 is 55.9 Å². The summed E-state index contributed by atoms with van der Waals surface area (Å²) >= 11 is 2.47. The molecule has 0 aliphatic carbocycles. The number of benzene rings is 1. The summed E-state index contributed by atoms with van der Waals surface area (Å²) in [5.41, 5.74) is 5.73. The number of nitrogens with two attached hydrogens (primary N) is 1. The minimum atomic E-state index is -1.57. The molecule has 2 aromatic heterocycles. The van der Waals surface area contributed by atoms with Crippen molar-refractivity contribution in [2.75, 3.05) is 21.7 Å². The maximum Gasteiger partial charge on any atom is 1.00 e. The average molecular weight is 679 g/mol. The van der Waals surface area contributed by atoms with Gasteiger partial charge in [0, 0.05) is 17.5 Å². The fraction of sp³-hybridized carbons (Fsp3) is 0.308. The molecule has 20 heteroatoms. The second-order valence-electron chi connectivity index (χ2n) is 10.1. The number of phenols is 1. The number of aromatic nitrogens is 5. The van der Waals surface area contributed by atoms with Gasteiger partial charge in [-0.2, -0.15) is 4.98 Å². The summed E-state index contributed by atoms with van der Waals surface area (Å²) in [5.74, 6) is -3.40. The molecule has 0 saturated carbocycles. The molecule has 1 saturated heterocycles. The van der Waals surface area contributed by atoms with Crippen molar-refractivity contribution in [1.29, 1.82) is 0 Å². The second kappa shape index (κ2) is 14.6. The summed E-state index contributed by atoms with van der Waals surface area (Å²) in [6.07, 6.45) is 2.66. The number of carboxylic acid groups (broad SMARTS) is 1. The van der Waals surface area contributed by atoms with Crippen molar-refractivity contribution in [3.05, 3.63) is 53.5 Å². The molecule has 5 rings (SSSR count). The number of anilines is 2. The summed E-state index contributed by atoms with van der Waals surface area (Å²) in [5, 5.41) is 48.0. The normalized spacial score (nSPS) is 17.8. The topological polar surface area (TPSA) is 256 Å². The minimum Gasteiger partial charge on any atom is -0.543 e. The standard InChI is InChI=1S/C26H28N10O7S2.Na/c1-11(2)30-26-28-7-15(20(38)32-26)35(25(27)43)18(12-3-5-14(37)6-4-12)21(39)31-17-22(40)36-19(24(41)42)13(10-45-23(17)36)9-44-16-8-29-34-33-16;/h3-8,11,17-18,23,37H,9-10H2,1-2H3,(H2,27,43)(H,31,39)(H,41,42)(H,29,33,34)(H2,28,30,32,38);/q;+1/p-1/t17?,18?,23-;/m1./s1. The zero-order chi connectivity index (χ0) is 32.4. The Hall–Kier alpha value is -4.04. The number of nitrogens with zero attached hydrogens (tertiary/aromatic N) is 6. The molecule has 7 N–H and O–H groups in total. The van der Waals surface area contributed by atoms with Gasteiger partial charge in [0.1, 0.15) is 33.9 Å². The molecule has 2 aliphatic rings. The van der Waals surface area contributed by atoms with Crippen LogP contribution in [-0.4, -0.2) is 93.3 Å². The van der Waals surface area contributed by atoms with Crippen molar-refractivity contribution >= 4 is 59.0 Å². The van der Waals surface area contributed by atoms with Gasteiger partial charge in [-0.25, -0.2) is 9.78 Å². The van der Waals surface area contributed by atoms with Gasteiger partial charge in [-0.05, 0) is 37.1 Å². The van der Waals surface area contributed by atoms with E-state index in [4.69, 9.17) is 5.73 Å². The van der Waals surface area contributed by atoms with Crippen LogP contribution in [0.5, 0.6) is 11.6 Å². The number of aromatic hydroxyl groups is 2. The van der Waals surface area contributed by atoms with E-state index in [0.717, 1.165) is 16.0 Å². The number of phenolic OH excluding ortho intramolecular Hbond substituents is 1. The number of carbonyl (C=O) groups is 4. The second-order valence-corrected chi connectivity index (χ2v) is 12.2. The van der Waals surface area contributed by atoms with Gasteiger partial charge in [0.2, 0.25) is 17.7 Å². The van der Waals surface area contributed by atoms with Gasteiger partial charge < -0.3 is 36.5 Å². The van der Waals surface area contributed by atoms with Crippen LogP contribution in [0, 0.1) is 0 Å². The van der Waals surface area contributed by atoms with Crippen molar-refractivity contribution in [3.63, 3.8) is 0 Å². The first-order valence-electron chi connectivity index (χ1n) is 13.3. The molecule has 3 atom stereocenters. The molecular weight excluding hydrogens is 651 g/mol. The number of aliphatic carboxylic acids is 1. The number of carbonyl (C=O) groups excluding carboxylic acids is 4. The maximum atomic E-state index is 13.9. The third-order valence-corrected chi connectivity index (χ3v) is 9.03. The molecule has 4 amide bonds. The number of urea groups is 1. The molecule has 2 aliphatic heterocycles. The predicted molar refractivity (Wildman–Crippen MR) is 160 cm³/mol. The molecule has 0 spiro atoms. The first-order chi connectivity index (χ1) is 21.5. The van der Waals surface area contributed by atoms with E-state index in [-0.39, 0.29) is 75.8 Å². The Morgan fingerprint density at radius 2 is 1.98 bits per heavy atom. The number of aromatic amines is 1. The molecule has 1 aromatic carbocycles. The van der Waals surface area contributed by atoms with Gasteiger partial charge in [0.15, 0.2) is 0 Å². The van der Waals surface area contributed by atoms with Crippen LogP contribution >= 0.6 is 23.5 Å². The Morgan fingerprint density at radius 3 is 2.57 bits per heavy atom. The van der Waals surface area contributed by atoms with Crippen LogP contribution in [-0.2, 0) is 14.4 Å². The van der Waals surface area contributed by atoms with Crippen LogP contribution in [0.15, 0.2) is 53.0 Å². The number of fused-ring (bicyclic) bond motifs is 1. The molecule has 0 bridgehead atoms. The monoisotopic (exact) mass is 678 g/mol. The van der Waals surface area contributed by atoms with Gasteiger partial charge in [-0.15, -0.1) is 16.9 Å². The number of primary amides is 1. The van der Waals surface area contributed by atoms with E-state index < -0.39 is 47.2 Å². The molecular formula is C26H27N10NaO7S2. The van der Waals surface area contributed by atoms with Crippen LogP contribution in [0.3, 0.4) is 0 Å². The number of thioether (sulfide) groups is 2. The van der Waals surface area contributed by atoms with Crippen LogP contribution in [0.25, 0.3) is 0 Å². The molecule has 236 valence electrons. The number of carboxylic acids is 1. The fourth-order valence-electron chi connectivity index (χ4n) is 4.76. The third kappa shape index (κ3) is 7.17. The Balaban J connectivity index is 0.00000480. The van der Waals surface area contributed by atoms with Crippen molar-refractivity contribution in [3.8, 4) is 11.6 Å². The number of hydrogen-bond acceptors (Lipinski definition) is 14. The minimum absolute atomic E-state index is 0. The van der Waals surface area contributed by atoms with E-state index in [1.165, 1.54) is 47.8 Å². The number of H-pyrrole nitrogens is 1. The molecule has 3 aromatic rings. The number of β-lactam (4-membered cyclic amide) rings is 1. The summed E-state index contributed by atoms with van der Waals surface area (Å²) in [7, 11) is 0. The Labute approximate surface area is 292 Å². The van der Waals surface area contributed by atoms with Gasteiger partial charge >= 0.3 is 35.6 Å². The molecule has 46 heavy (non-hydrogen) atoms. The zero-order valence-electron chi connectivity index (χ0n) is 24.7. The summed E-state index contributed by atoms with van der Waals surface area (Å²) < 4.78 is 0. The fourth-order valence-corrected chi connectivity index (χ4v) is 7.03. The van der Waals surface area contributed by atoms with Crippen molar-refractivity contribution in [1.82, 2.24) is 35.6 Å². The van der Waals surface area contributed by atoms with Gasteiger partial charge in [-0.1, -0.05) is 29.1 Å². The number of rotatable bonds is 11. The first kappa shape index (κ1) is 34.8. The summed E-state index contributed by atoms with van der Waals surface area (Å²) in [4.78, 5) is 62.1. The van der Waals surface area contributed by atoms with Crippen LogP contribution in [0.1, 0.15) is 25.5 Å². The quantitative estimate of drug-likeness (QED) is 0.0659. The summed E-state index contributed by atoms with van der Waals surface area (Å²) in [6, 6.07) is 1.32. The van der Waals surface area contributed by atoms with Crippen LogP contribution in [0.2, 0.25) is 0 Å². The van der Waals surface area contributed by atoms with E-state index in [9.17, 15) is 34.5 Å². The number of hydrogen-bond donors (Lipinski definition) is 6. The summed E-state index contributed by atoms with van der Waals surface area (Å²) in [6.45, 7) is 3.65. The van der Waals surface area contributed by atoms with Crippen molar-refractivity contribution in [2.45, 2.75) is 42.4 Å². The van der Waals surface area contributed by atoms with Crippen molar-refractivity contribution in [2.24, 2.45) is 5.73 Å². The van der Waals surface area contributed by atoms with E-state index >= 15 is 0 Å². The smallest absolute Gasteiger partial charge is 0.543 e. The molecule has 1 fully saturated rings.